The Morgan fingerprint density at radius 2 is 1.82 bits per heavy atom. The van der Waals surface area contributed by atoms with Gasteiger partial charge in [-0.05, 0) is 37.8 Å². The van der Waals surface area contributed by atoms with Crippen molar-refractivity contribution in [3.05, 3.63) is 70.2 Å². The van der Waals surface area contributed by atoms with Crippen LogP contribution in [0.3, 0.4) is 0 Å². The first-order chi connectivity index (χ1) is 16.5. The molecule has 34 heavy (non-hydrogen) atoms. The number of urea groups is 1. The first kappa shape index (κ1) is 24.0. The van der Waals surface area contributed by atoms with Crippen LogP contribution in [0, 0.1) is 6.92 Å². The number of aryl methyl sites for hydroxylation is 1. The molecule has 1 fully saturated rings. The van der Waals surface area contributed by atoms with E-state index in [0.717, 1.165) is 54.0 Å². The summed E-state index contributed by atoms with van der Waals surface area (Å²) < 4.78 is 0. The lowest BCUT2D eigenvalue weighted by Gasteiger charge is -2.31. The number of aromatic nitrogens is 1. The number of hydrogen-bond acceptors (Lipinski definition) is 4. The van der Waals surface area contributed by atoms with Gasteiger partial charge < -0.3 is 15.5 Å². The maximum absolute atomic E-state index is 13.0. The molecule has 0 aliphatic carbocycles. The van der Waals surface area contributed by atoms with Crippen molar-refractivity contribution in [2.45, 2.75) is 45.4 Å². The van der Waals surface area contributed by atoms with Crippen LogP contribution in [0.2, 0.25) is 0 Å². The van der Waals surface area contributed by atoms with Crippen molar-refractivity contribution < 1.29 is 9.59 Å². The summed E-state index contributed by atoms with van der Waals surface area (Å²) in [5.74, 6) is 0.0842. The number of anilines is 1. The van der Waals surface area contributed by atoms with E-state index in [1.165, 1.54) is 16.9 Å². The standard InChI is InChI=1S/C27H32N4O2S/c1-3-4-15-28-27(33)31-16-13-21(14-17-31)26-30-24(18-34-26)25(32)29-23-8-6-5-7-22(23)20-11-9-19(2)10-12-20/h5-12,18,21H,3-4,13-17H2,1-2H3,(H,28,33)(H,29,32). The predicted molar refractivity (Wildman–Crippen MR) is 139 cm³/mol. The molecule has 7 heteroatoms. The molecular weight excluding hydrogens is 444 g/mol. The lowest BCUT2D eigenvalue weighted by atomic mass is 9.98. The number of nitrogens with zero attached hydrogens (tertiary/aromatic N) is 2. The summed E-state index contributed by atoms with van der Waals surface area (Å²) in [5.41, 5.74) is 4.46. The van der Waals surface area contributed by atoms with E-state index in [1.807, 2.05) is 34.5 Å². The molecule has 0 bridgehead atoms. The topological polar surface area (TPSA) is 74.3 Å². The normalized spacial score (nSPS) is 14.1. The van der Waals surface area contributed by atoms with Crippen LogP contribution < -0.4 is 10.6 Å². The molecule has 4 rings (SSSR count). The molecule has 0 spiro atoms. The van der Waals surface area contributed by atoms with Crippen molar-refractivity contribution >= 4 is 29.0 Å². The van der Waals surface area contributed by atoms with Crippen LogP contribution in [0.4, 0.5) is 10.5 Å². The van der Waals surface area contributed by atoms with Gasteiger partial charge in [0.2, 0.25) is 0 Å². The molecule has 1 aliphatic rings. The number of amides is 3. The second kappa shape index (κ2) is 11.3. The van der Waals surface area contributed by atoms with Gasteiger partial charge in [0.25, 0.3) is 5.91 Å². The Kier molecular flexibility index (Phi) is 7.95. The molecule has 3 amide bonds. The number of piperidine rings is 1. The number of likely N-dealkylation sites (tertiary alicyclic amines) is 1. The quantitative estimate of drug-likeness (QED) is 0.407. The summed E-state index contributed by atoms with van der Waals surface area (Å²) in [4.78, 5) is 31.8. The van der Waals surface area contributed by atoms with Gasteiger partial charge in [0.15, 0.2) is 0 Å². The summed E-state index contributed by atoms with van der Waals surface area (Å²) in [7, 11) is 0. The van der Waals surface area contributed by atoms with Crippen LogP contribution in [0.15, 0.2) is 53.9 Å². The van der Waals surface area contributed by atoms with Crippen molar-refractivity contribution in [2.75, 3.05) is 25.0 Å². The zero-order chi connectivity index (χ0) is 23.9. The second-order valence-electron chi connectivity index (χ2n) is 8.78. The van der Waals surface area contributed by atoms with E-state index >= 15 is 0 Å². The number of hydrogen-bond donors (Lipinski definition) is 2. The number of nitrogens with one attached hydrogen (secondary N) is 2. The van der Waals surface area contributed by atoms with Gasteiger partial charge in [-0.15, -0.1) is 11.3 Å². The fourth-order valence-electron chi connectivity index (χ4n) is 4.16. The third kappa shape index (κ3) is 5.83. The van der Waals surface area contributed by atoms with Crippen LogP contribution in [-0.4, -0.2) is 41.5 Å². The van der Waals surface area contributed by atoms with E-state index in [4.69, 9.17) is 0 Å². The van der Waals surface area contributed by atoms with Gasteiger partial charge in [-0.25, -0.2) is 9.78 Å². The Balaban J connectivity index is 1.37. The molecule has 2 heterocycles. The molecule has 6 nitrogen and oxygen atoms in total. The average molecular weight is 477 g/mol. The maximum atomic E-state index is 13.0. The van der Waals surface area contributed by atoms with Crippen molar-refractivity contribution in [1.29, 1.82) is 0 Å². The molecule has 1 aromatic heterocycles. The molecule has 0 atom stereocenters. The van der Waals surface area contributed by atoms with Gasteiger partial charge in [0.1, 0.15) is 5.69 Å². The average Bonchev–Trinajstić information content (AvgIpc) is 3.36. The summed E-state index contributed by atoms with van der Waals surface area (Å²) >= 11 is 1.53. The highest BCUT2D eigenvalue weighted by atomic mass is 32.1. The van der Waals surface area contributed by atoms with Crippen LogP contribution in [0.5, 0.6) is 0 Å². The molecule has 0 radical (unpaired) electrons. The molecular formula is C27H32N4O2S. The minimum Gasteiger partial charge on any atom is -0.338 e. The smallest absolute Gasteiger partial charge is 0.317 e. The van der Waals surface area contributed by atoms with Crippen LogP contribution in [0.1, 0.15) is 59.6 Å². The molecule has 2 N–H and O–H groups in total. The minimum atomic E-state index is -0.199. The minimum absolute atomic E-state index is 0.0262. The Bertz CT molecular complexity index is 1120. The molecule has 1 aliphatic heterocycles. The molecule has 178 valence electrons. The van der Waals surface area contributed by atoms with E-state index in [9.17, 15) is 9.59 Å². The molecule has 0 saturated carbocycles. The SMILES string of the molecule is CCCCNC(=O)N1CCC(c2nc(C(=O)Nc3ccccc3-c3ccc(C)cc3)cs2)CC1. The molecule has 2 aromatic carbocycles. The lowest BCUT2D eigenvalue weighted by Crippen LogP contribution is -2.44. The Labute approximate surface area is 205 Å². The summed E-state index contributed by atoms with van der Waals surface area (Å²) in [6.07, 6.45) is 3.81. The van der Waals surface area contributed by atoms with Crippen molar-refractivity contribution in [2.24, 2.45) is 0 Å². The highest BCUT2D eigenvalue weighted by Crippen LogP contribution is 2.32. The Morgan fingerprint density at radius 1 is 1.09 bits per heavy atom. The number of para-hydroxylation sites is 1. The Hall–Kier alpha value is -3.19. The number of rotatable bonds is 7. The number of benzene rings is 2. The van der Waals surface area contributed by atoms with Crippen molar-refractivity contribution in [3.8, 4) is 11.1 Å². The number of unbranched alkanes of at least 4 members (excludes halogenated alkanes) is 1. The van der Waals surface area contributed by atoms with Gasteiger partial charge in [0.05, 0.1) is 5.01 Å². The van der Waals surface area contributed by atoms with Crippen LogP contribution >= 0.6 is 11.3 Å². The van der Waals surface area contributed by atoms with Gasteiger partial charge in [-0.2, -0.15) is 0 Å². The highest BCUT2D eigenvalue weighted by Gasteiger charge is 2.26. The first-order valence-corrected chi connectivity index (χ1v) is 12.9. The van der Waals surface area contributed by atoms with Gasteiger partial charge in [0, 0.05) is 42.2 Å². The zero-order valence-electron chi connectivity index (χ0n) is 19.8. The van der Waals surface area contributed by atoms with Crippen LogP contribution in [-0.2, 0) is 0 Å². The van der Waals surface area contributed by atoms with E-state index in [2.05, 4.69) is 53.7 Å². The summed E-state index contributed by atoms with van der Waals surface area (Å²) in [5, 5.41) is 8.85. The monoisotopic (exact) mass is 476 g/mol. The van der Waals surface area contributed by atoms with E-state index in [1.54, 1.807) is 0 Å². The fraction of sp³-hybridized carbons (Fsp3) is 0.370. The summed E-state index contributed by atoms with van der Waals surface area (Å²) in [6, 6.07) is 16.1. The van der Waals surface area contributed by atoms with Gasteiger partial charge in [-0.3, -0.25) is 4.79 Å². The van der Waals surface area contributed by atoms with E-state index < -0.39 is 0 Å². The number of carbonyl (C=O) groups excluding carboxylic acids is 2. The van der Waals surface area contributed by atoms with Gasteiger partial charge in [-0.1, -0.05) is 61.4 Å². The summed E-state index contributed by atoms with van der Waals surface area (Å²) in [6.45, 7) is 6.33. The molecule has 1 saturated heterocycles. The van der Waals surface area contributed by atoms with E-state index in [-0.39, 0.29) is 17.9 Å². The maximum Gasteiger partial charge on any atom is 0.317 e. The third-order valence-electron chi connectivity index (χ3n) is 6.23. The third-order valence-corrected chi connectivity index (χ3v) is 7.24. The number of thiazole rings is 1. The molecule has 3 aromatic rings. The molecule has 0 unspecified atom stereocenters. The van der Waals surface area contributed by atoms with Crippen LogP contribution in [0.25, 0.3) is 11.1 Å². The Morgan fingerprint density at radius 3 is 2.56 bits per heavy atom. The highest BCUT2D eigenvalue weighted by molar-refractivity contribution is 7.10. The van der Waals surface area contributed by atoms with E-state index in [0.29, 0.717) is 18.8 Å². The van der Waals surface area contributed by atoms with Crippen molar-refractivity contribution in [3.63, 3.8) is 0 Å². The largest absolute Gasteiger partial charge is 0.338 e. The first-order valence-electron chi connectivity index (χ1n) is 12.0. The number of carbonyl (C=O) groups is 2. The lowest BCUT2D eigenvalue weighted by molar-refractivity contribution is 0.102. The van der Waals surface area contributed by atoms with Crippen molar-refractivity contribution in [1.82, 2.24) is 15.2 Å². The fourth-order valence-corrected chi connectivity index (χ4v) is 5.13. The van der Waals surface area contributed by atoms with Gasteiger partial charge >= 0.3 is 6.03 Å². The zero-order valence-corrected chi connectivity index (χ0v) is 20.7. The second-order valence-corrected chi connectivity index (χ2v) is 9.67. The predicted octanol–water partition coefficient (Wildman–Crippen LogP) is 6.06.